The molecule has 0 radical (unpaired) electrons. The van der Waals surface area contributed by atoms with Gasteiger partial charge in [-0.05, 0) is 32.9 Å². The van der Waals surface area contributed by atoms with Crippen molar-refractivity contribution in [3.05, 3.63) is 17.5 Å². The van der Waals surface area contributed by atoms with E-state index < -0.39 is 0 Å². The van der Waals surface area contributed by atoms with Crippen molar-refractivity contribution in [2.75, 3.05) is 33.9 Å². The second kappa shape index (κ2) is 6.87. The van der Waals surface area contributed by atoms with Crippen LogP contribution in [0.4, 0.5) is 0 Å². The summed E-state index contributed by atoms with van der Waals surface area (Å²) in [4.78, 5) is 2.19. The lowest BCUT2D eigenvalue weighted by Gasteiger charge is -2.14. The van der Waals surface area contributed by atoms with E-state index in [1.54, 1.807) is 0 Å². The van der Waals surface area contributed by atoms with Gasteiger partial charge in [-0.25, -0.2) is 0 Å². The molecule has 0 bridgehead atoms. The first kappa shape index (κ1) is 13.5. The van der Waals surface area contributed by atoms with Gasteiger partial charge in [-0.2, -0.15) is 0 Å². The SMILES string of the molecule is CNCc1cc(CN(C)CCOCC2CC2)on1. The molecule has 0 unspecified atom stereocenters. The van der Waals surface area contributed by atoms with Crippen LogP contribution < -0.4 is 5.32 Å². The molecule has 0 aromatic carbocycles. The Balaban J connectivity index is 1.60. The predicted molar refractivity (Wildman–Crippen MR) is 69.1 cm³/mol. The topological polar surface area (TPSA) is 50.5 Å². The Morgan fingerprint density at radius 1 is 1.56 bits per heavy atom. The molecule has 1 aromatic rings. The maximum Gasteiger partial charge on any atom is 0.151 e. The summed E-state index contributed by atoms with van der Waals surface area (Å²) in [7, 11) is 3.97. The van der Waals surface area contributed by atoms with Crippen LogP contribution in [0, 0.1) is 5.92 Å². The molecule has 18 heavy (non-hydrogen) atoms. The minimum atomic E-state index is 0.748. The number of hydrogen-bond donors (Lipinski definition) is 1. The number of nitrogens with zero attached hydrogens (tertiary/aromatic N) is 2. The van der Waals surface area contributed by atoms with E-state index in [1.165, 1.54) is 12.8 Å². The van der Waals surface area contributed by atoms with E-state index in [2.05, 4.69) is 22.4 Å². The van der Waals surface area contributed by atoms with E-state index in [0.717, 1.165) is 50.2 Å². The largest absolute Gasteiger partial charge is 0.380 e. The molecule has 0 saturated heterocycles. The zero-order valence-corrected chi connectivity index (χ0v) is 11.3. The summed E-state index contributed by atoms with van der Waals surface area (Å²) < 4.78 is 10.9. The second-order valence-electron chi connectivity index (χ2n) is 5.07. The van der Waals surface area contributed by atoms with Crippen LogP contribution >= 0.6 is 0 Å². The first-order chi connectivity index (χ1) is 8.78. The molecule has 1 aliphatic rings. The first-order valence-corrected chi connectivity index (χ1v) is 6.63. The minimum absolute atomic E-state index is 0.748. The fraction of sp³-hybridized carbons (Fsp3) is 0.769. The number of rotatable bonds is 9. The molecule has 0 spiro atoms. The lowest BCUT2D eigenvalue weighted by molar-refractivity contribution is 0.0993. The molecule has 1 fully saturated rings. The molecule has 2 rings (SSSR count). The van der Waals surface area contributed by atoms with Crippen molar-refractivity contribution >= 4 is 0 Å². The van der Waals surface area contributed by atoms with Gasteiger partial charge in [0.25, 0.3) is 0 Å². The van der Waals surface area contributed by atoms with Crippen molar-refractivity contribution in [1.82, 2.24) is 15.4 Å². The highest BCUT2D eigenvalue weighted by Crippen LogP contribution is 2.28. The van der Waals surface area contributed by atoms with E-state index in [0.29, 0.717) is 0 Å². The van der Waals surface area contributed by atoms with E-state index in [9.17, 15) is 0 Å². The molecule has 1 heterocycles. The molecule has 1 aromatic heterocycles. The Hall–Kier alpha value is -0.910. The van der Waals surface area contributed by atoms with Crippen LogP contribution in [0.1, 0.15) is 24.3 Å². The van der Waals surface area contributed by atoms with Crippen LogP contribution in [0.2, 0.25) is 0 Å². The van der Waals surface area contributed by atoms with E-state index >= 15 is 0 Å². The van der Waals surface area contributed by atoms with Gasteiger partial charge in [0, 0.05) is 25.8 Å². The van der Waals surface area contributed by atoms with Gasteiger partial charge in [0.2, 0.25) is 0 Å². The normalized spacial score (nSPS) is 15.5. The average molecular weight is 253 g/mol. The summed E-state index contributed by atoms with van der Waals surface area (Å²) in [6.45, 7) is 4.18. The molecule has 0 amide bonds. The van der Waals surface area contributed by atoms with Gasteiger partial charge < -0.3 is 14.6 Å². The van der Waals surface area contributed by atoms with Crippen molar-refractivity contribution in [3.63, 3.8) is 0 Å². The summed E-state index contributed by atoms with van der Waals surface area (Å²) >= 11 is 0. The molecule has 5 heteroatoms. The van der Waals surface area contributed by atoms with Gasteiger partial charge in [-0.1, -0.05) is 5.16 Å². The van der Waals surface area contributed by atoms with Gasteiger partial charge in [-0.3, -0.25) is 4.90 Å². The lowest BCUT2D eigenvalue weighted by atomic mass is 10.3. The van der Waals surface area contributed by atoms with Crippen LogP contribution in [-0.2, 0) is 17.8 Å². The van der Waals surface area contributed by atoms with E-state index in [-0.39, 0.29) is 0 Å². The van der Waals surface area contributed by atoms with Crippen molar-refractivity contribution in [2.45, 2.75) is 25.9 Å². The standard InChI is InChI=1S/C13H23N3O2/c1-14-8-12-7-13(18-15-12)9-16(2)5-6-17-10-11-3-4-11/h7,11,14H,3-6,8-10H2,1-2H3. The van der Waals surface area contributed by atoms with Gasteiger partial charge >= 0.3 is 0 Å². The number of hydrogen-bond acceptors (Lipinski definition) is 5. The molecule has 5 nitrogen and oxygen atoms in total. The summed E-state index contributed by atoms with van der Waals surface area (Å²) in [5.74, 6) is 1.75. The smallest absolute Gasteiger partial charge is 0.151 e. The van der Waals surface area contributed by atoms with Gasteiger partial charge in [0.15, 0.2) is 5.76 Å². The first-order valence-electron chi connectivity index (χ1n) is 6.63. The molecule has 1 saturated carbocycles. The quantitative estimate of drug-likeness (QED) is 0.671. The third-order valence-corrected chi connectivity index (χ3v) is 3.06. The predicted octanol–water partition coefficient (Wildman–Crippen LogP) is 1.25. The molecular weight excluding hydrogens is 230 g/mol. The third-order valence-electron chi connectivity index (χ3n) is 3.06. The maximum absolute atomic E-state index is 5.61. The van der Waals surface area contributed by atoms with Gasteiger partial charge in [-0.15, -0.1) is 0 Å². The van der Waals surface area contributed by atoms with Crippen molar-refractivity contribution < 1.29 is 9.26 Å². The highest BCUT2D eigenvalue weighted by molar-refractivity contribution is 5.04. The molecule has 1 aliphatic carbocycles. The van der Waals surface area contributed by atoms with Crippen LogP contribution in [0.5, 0.6) is 0 Å². The molecule has 102 valence electrons. The Labute approximate surface area is 108 Å². The maximum atomic E-state index is 5.61. The van der Waals surface area contributed by atoms with Crippen LogP contribution in [-0.4, -0.2) is 43.9 Å². The zero-order chi connectivity index (χ0) is 12.8. The number of likely N-dealkylation sites (N-methyl/N-ethyl adjacent to an activating group) is 1. The Kier molecular flexibility index (Phi) is 5.16. The molecule has 0 aliphatic heterocycles. The van der Waals surface area contributed by atoms with Gasteiger partial charge in [0.1, 0.15) is 0 Å². The van der Waals surface area contributed by atoms with Crippen LogP contribution in [0.15, 0.2) is 10.6 Å². The second-order valence-corrected chi connectivity index (χ2v) is 5.07. The summed E-state index contributed by atoms with van der Waals surface area (Å²) in [5, 5.41) is 7.04. The third kappa shape index (κ3) is 4.76. The van der Waals surface area contributed by atoms with E-state index in [1.807, 2.05) is 13.1 Å². The fourth-order valence-corrected chi connectivity index (χ4v) is 1.79. The monoisotopic (exact) mass is 253 g/mol. The molecule has 1 N–H and O–H groups in total. The summed E-state index contributed by atoms with van der Waals surface area (Å²) in [6.07, 6.45) is 2.70. The number of aromatic nitrogens is 1. The highest BCUT2D eigenvalue weighted by atomic mass is 16.5. The fourth-order valence-electron chi connectivity index (χ4n) is 1.79. The van der Waals surface area contributed by atoms with Crippen molar-refractivity contribution in [2.24, 2.45) is 5.92 Å². The van der Waals surface area contributed by atoms with E-state index in [4.69, 9.17) is 9.26 Å². The summed E-state index contributed by atoms with van der Waals surface area (Å²) in [6, 6.07) is 2.00. The highest BCUT2D eigenvalue weighted by Gasteiger charge is 2.20. The zero-order valence-electron chi connectivity index (χ0n) is 11.3. The van der Waals surface area contributed by atoms with Gasteiger partial charge in [0.05, 0.1) is 18.8 Å². The van der Waals surface area contributed by atoms with Crippen molar-refractivity contribution in [3.8, 4) is 0 Å². The Bertz CT molecular complexity index is 350. The van der Waals surface area contributed by atoms with Crippen molar-refractivity contribution in [1.29, 1.82) is 0 Å². The van der Waals surface area contributed by atoms with Crippen LogP contribution in [0.25, 0.3) is 0 Å². The summed E-state index contributed by atoms with van der Waals surface area (Å²) in [5.41, 5.74) is 0.950. The minimum Gasteiger partial charge on any atom is -0.380 e. The number of nitrogens with one attached hydrogen (secondary N) is 1. The lowest BCUT2D eigenvalue weighted by Crippen LogP contribution is -2.22. The Morgan fingerprint density at radius 3 is 3.11 bits per heavy atom. The molecular formula is C13H23N3O2. The Morgan fingerprint density at radius 2 is 2.39 bits per heavy atom. The molecule has 0 atom stereocenters. The van der Waals surface area contributed by atoms with Crippen LogP contribution in [0.3, 0.4) is 0 Å². The number of ether oxygens (including phenoxy) is 1. The average Bonchev–Trinajstić information content (AvgIpc) is 3.07.